The molecule has 1 aromatic carbocycles. The molecule has 0 spiro atoms. The molecule has 2 rings (SSSR count). The van der Waals surface area contributed by atoms with Crippen molar-refractivity contribution >= 4 is 15.9 Å². The lowest BCUT2D eigenvalue weighted by Gasteiger charge is -2.43. The number of hydrogen-bond donors (Lipinski definition) is 2. The van der Waals surface area contributed by atoms with Crippen LogP contribution in [0.15, 0.2) is 28.7 Å². The highest BCUT2D eigenvalue weighted by Crippen LogP contribution is 2.31. The highest BCUT2D eigenvalue weighted by Gasteiger charge is 2.40. The zero-order valence-electron chi connectivity index (χ0n) is 11.9. The summed E-state index contributed by atoms with van der Waals surface area (Å²) in [5, 5.41) is 0. The number of ether oxygens (including phenoxy) is 2. The number of rotatable bonds is 6. The summed E-state index contributed by atoms with van der Waals surface area (Å²) < 4.78 is 12.7. The molecule has 0 amide bonds. The summed E-state index contributed by atoms with van der Waals surface area (Å²) in [4.78, 5) is 0. The molecule has 0 aliphatic carbocycles. The Balaban J connectivity index is 2.15. The molecule has 1 saturated heterocycles. The van der Waals surface area contributed by atoms with Gasteiger partial charge in [0.2, 0.25) is 0 Å². The summed E-state index contributed by atoms with van der Waals surface area (Å²) in [7, 11) is 0. The number of benzene rings is 1. The maximum Gasteiger partial charge on any atom is 0.0895 e. The molecule has 1 aliphatic rings. The molecule has 1 heterocycles. The van der Waals surface area contributed by atoms with Gasteiger partial charge >= 0.3 is 0 Å². The number of hydrazine groups is 1. The van der Waals surface area contributed by atoms with Crippen LogP contribution in [0.25, 0.3) is 0 Å². The van der Waals surface area contributed by atoms with Crippen LogP contribution in [-0.2, 0) is 15.9 Å². The molecule has 1 unspecified atom stereocenters. The van der Waals surface area contributed by atoms with Crippen LogP contribution in [0, 0.1) is 0 Å². The maximum atomic E-state index is 6.09. The highest BCUT2D eigenvalue weighted by atomic mass is 79.9. The summed E-state index contributed by atoms with van der Waals surface area (Å²) in [6.07, 6.45) is 2.60. The molecule has 1 fully saturated rings. The van der Waals surface area contributed by atoms with Crippen LogP contribution in [0.4, 0.5) is 0 Å². The Morgan fingerprint density at radius 1 is 1.45 bits per heavy atom. The van der Waals surface area contributed by atoms with E-state index in [1.165, 1.54) is 5.56 Å². The van der Waals surface area contributed by atoms with Crippen LogP contribution >= 0.6 is 15.9 Å². The van der Waals surface area contributed by atoms with Gasteiger partial charge in [0, 0.05) is 37.1 Å². The van der Waals surface area contributed by atoms with E-state index in [0.717, 1.165) is 36.9 Å². The van der Waals surface area contributed by atoms with Crippen LogP contribution < -0.4 is 11.3 Å². The Hall–Kier alpha value is -0.460. The minimum absolute atomic E-state index is 0.0839. The van der Waals surface area contributed by atoms with Gasteiger partial charge in [0.05, 0.1) is 11.6 Å². The first-order valence-electron chi connectivity index (χ1n) is 7.12. The second-order valence-electron chi connectivity index (χ2n) is 5.16. The topological polar surface area (TPSA) is 56.5 Å². The lowest BCUT2D eigenvalue weighted by molar-refractivity contribution is -0.126. The van der Waals surface area contributed by atoms with Crippen molar-refractivity contribution in [3.05, 3.63) is 34.3 Å². The van der Waals surface area contributed by atoms with Gasteiger partial charge in [0.15, 0.2) is 0 Å². The standard InChI is InChI=1S/C15H23BrN2O2/c1-2-20-15(6-8-19-9-7-15)14(18-17)11-12-4-3-5-13(16)10-12/h3-5,10,14,18H,2,6-9,11,17H2,1H3. The van der Waals surface area contributed by atoms with Crippen LogP contribution in [0.5, 0.6) is 0 Å². The molecule has 112 valence electrons. The quantitative estimate of drug-likeness (QED) is 0.615. The van der Waals surface area contributed by atoms with E-state index in [4.69, 9.17) is 15.3 Å². The Bertz CT molecular complexity index is 417. The lowest BCUT2D eigenvalue weighted by Crippen LogP contribution is -2.58. The summed E-state index contributed by atoms with van der Waals surface area (Å²) in [6, 6.07) is 8.41. The first-order chi connectivity index (χ1) is 9.70. The minimum atomic E-state index is -0.232. The van der Waals surface area contributed by atoms with E-state index in [2.05, 4.69) is 33.5 Å². The summed E-state index contributed by atoms with van der Waals surface area (Å²) in [5.41, 5.74) is 3.98. The van der Waals surface area contributed by atoms with Gasteiger partial charge in [-0.25, -0.2) is 0 Å². The molecular weight excluding hydrogens is 320 g/mol. The van der Waals surface area contributed by atoms with Gasteiger partial charge in [0.1, 0.15) is 0 Å². The molecule has 0 saturated carbocycles. The fraction of sp³-hybridized carbons (Fsp3) is 0.600. The van der Waals surface area contributed by atoms with Crippen molar-refractivity contribution in [2.45, 2.75) is 37.8 Å². The Labute approximate surface area is 129 Å². The molecule has 0 bridgehead atoms. The predicted octanol–water partition coefficient (Wildman–Crippen LogP) is 2.41. The van der Waals surface area contributed by atoms with E-state index >= 15 is 0 Å². The van der Waals surface area contributed by atoms with E-state index in [-0.39, 0.29) is 11.6 Å². The van der Waals surface area contributed by atoms with Crippen molar-refractivity contribution < 1.29 is 9.47 Å². The van der Waals surface area contributed by atoms with Crippen molar-refractivity contribution in [2.24, 2.45) is 5.84 Å². The van der Waals surface area contributed by atoms with Gasteiger partial charge in [-0.1, -0.05) is 28.1 Å². The number of hydrogen-bond acceptors (Lipinski definition) is 4. The third kappa shape index (κ3) is 3.80. The number of nitrogens with two attached hydrogens (primary N) is 1. The molecule has 1 atom stereocenters. The molecule has 0 aromatic heterocycles. The van der Waals surface area contributed by atoms with Crippen molar-refractivity contribution in [3.8, 4) is 0 Å². The molecule has 3 N–H and O–H groups in total. The van der Waals surface area contributed by atoms with Gasteiger partial charge in [-0.05, 0) is 31.0 Å². The Morgan fingerprint density at radius 2 is 2.20 bits per heavy atom. The van der Waals surface area contributed by atoms with Gasteiger partial charge < -0.3 is 9.47 Å². The van der Waals surface area contributed by atoms with E-state index < -0.39 is 0 Å². The maximum absolute atomic E-state index is 6.09. The zero-order valence-corrected chi connectivity index (χ0v) is 13.5. The lowest BCUT2D eigenvalue weighted by atomic mass is 9.83. The third-order valence-electron chi connectivity index (χ3n) is 3.94. The van der Waals surface area contributed by atoms with Crippen molar-refractivity contribution in [2.75, 3.05) is 19.8 Å². The Kier molecular flexibility index (Phi) is 5.99. The van der Waals surface area contributed by atoms with Gasteiger partial charge in [0.25, 0.3) is 0 Å². The van der Waals surface area contributed by atoms with Gasteiger partial charge in [-0.2, -0.15) is 0 Å². The van der Waals surface area contributed by atoms with Crippen molar-refractivity contribution in [1.82, 2.24) is 5.43 Å². The second-order valence-corrected chi connectivity index (χ2v) is 6.08. The fourth-order valence-corrected chi connectivity index (χ4v) is 3.34. The average Bonchev–Trinajstić information content (AvgIpc) is 2.46. The smallest absolute Gasteiger partial charge is 0.0895 e. The van der Waals surface area contributed by atoms with Crippen LogP contribution in [0.2, 0.25) is 0 Å². The second kappa shape index (κ2) is 7.52. The van der Waals surface area contributed by atoms with E-state index in [9.17, 15) is 0 Å². The van der Waals surface area contributed by atoms with Crippen LogP contribution in [0.3, 0.4) is 0 Å². The van der Waals surface area contributed by atoms with Crippen molar-refractivity contribution in [3.63, 3.8) is 0 Å². The molecule has 5 heteroatoms. The SMILES string of the molecule is CCOC1(C(Cc2cccc(Br)c2)NN)CCOCC1. The normalized spacial score (nSPS) is 19.8. The molecular formula is C15H23BrN2O2. The fourth-order valence-electron chi connectivity index (χ4n) is 2.89. The summed E-state index contributed by atoms with van der Waals surface area (Å²) in [5.74, 6) is 5.82. The zero-order chi connectivity index (χ0) is 14.4. The highest BCUT2D eigenvalue weighted by molar-refractivity contribution is 9.10. The first kappa shape index (κ1) is 15.9. The molecule has 1 aromatic rings. The molecule has 20 heavy (non-hydrogen) atoms. The minimum Gasteiger partial charge on any atom is -0.381 e. The number of halogens is 1. The summed E-state index contributed by atoms with van der Waals surface area (Å²) in [6.45, 7) is 4.19. The monoisotopic (exact) mass is 342 g/mol. The van der Waals surface area contributed by atoms with E-state index in [0.29, 0.717) is 6.61 Å². The first-order valence-corrected chi connectivity index (χ1v) is 7.92. The van der Waals surface area contributed by atoms with E-state index in [1.54, 1.807) is 0 Å². The summed E-state index contributed by atoms with van der Waals surface area (Å²) >= 11 is 3.51. The Morgan fingerprint density at radius 3 is 2.80 bits per heavy atom. The molecule has 0 radical (unpaired) electrons. The van der Waals surface area contributed by atoms with Gasteiger partial charge in [-0.15, -0.1) is 0 Å². The largest absolute Gasteiger partial charge is 0.381 e. The van der Waals surface area contributed by atoms with Crippen molar-refractivity contribution in [1.29, 1.82) is 0 Å². The van der Waals surface area contributed by atoms with Crippen LogP contribution in [0.1, 0.15) is 25.3 Å². The molecule has 4 nitrogen and oxygen atoms in total. The van der Waals surface area contributed by atoms with Crippen LogP contribution in [-0.4, -0.2) is 31.5 Å². The predicted molar refractivity (Wildman–Crippen MR) is 83.4 cm³/mol. The third-order valence-corrected chi connectivity index (χ3v) is 4.43. The molecule has 1 aliphatic heterocycles. The number of nitrogens with one attached hydrogen (secondary N) is 1. The average molecular weight is 343 g/mol. The van der Waals surface area contributed by atoms with Gasteiger partial charge in [-0.3, -0.25) is 11.3 Å². The van der Waals surface area contributed by atoms with E-state index in [1.807, 2.05) is 19.1 Å².